The van der Waals surface area contributed by atoms with Gasteiger partial charge in [0.1, 0.15) is 5.15 Å². The minimum absolute atomic E-state index is 0.500. The van der Waals surface area contributed by atoms with Gasteiger partial charge in [0, 0.05) is 6.04 Å². The van der Waals surface area contributed by atoms with Crippen molar-refractivity contribution in [1.82, 2.24) is 4.98 Å². The molecule has 0 spiro atoms. The second kappa shape index (κ2) is 7.50. The molecular weight excluding hydrogens is 220 g/mol. The van der Waals surface area contributed by atoms with Gasteiger partial charge in [-0.2, -0.15) is 0 Å². The Balaban J connectivity index is 2.23. The number of hydrogen-bond acceptors (Lipinski definition) is 2. The molecule has 0 amide bonds. The van der Waals surface area contributed by atoms with Gasteiger partial charge in [0.2, 0.25) is 0 Å². The second-order valence-corrected chi connectivity index (χ2v) is 4.65. The number of nitrogens with one attached hydrogen (secondary N) is 1. The van der Waals surface area contributed by atoms with E-state index in [2.05, 4.69) is 24.1 Å². The monoisotopic (exact) mass is 240 g/mol. The van der Waals surface area contributed by atoms with Crippen LogP contribution in [0.15, 0.2) is 18.3 Å². The Morgan fingerprint density at radius 3 is 2.75 bits per heavy atom. The van der Waals surface area contributed by atoms with Gasteiger partial charge in [-0.3, -0.25) is 0 Å². The standard InChI is InChI=1S/C13H21ClN2/c1-3-4-5-6-7-11(2)16-12-8-9-13(14)15-10-12/h8-11,16H,3-7H2,1-2H3. The molecule has 3 heteroatoms. The van der Waals surface area contributed by atoms with Gasteiger partial charge in [0.05, 0.1) is 11.9 Å². The highest BCUT2D eigenvalue weighted by molar-refractivity contribution is 6.29. The molecule has 90 valence electrons. The lowest BCUT2D eigenvalue weighted by Gasteiger charge is -2.14. The first-order valence-corrected chi connectivity index (χ1v) is 6.48. The molecule has 1 heterocycles. The van der Waals surface area contributed by atoms with E-state index in [-0.39, 0.29) is 0 Å². The molecule has 0 bridgehead atoms. The van der Waals surface area contributed by atoms with Gasteiger partial charge < -0.3 is 5.32 Å². The Labute approximate surface area is 103 Å². The molecule has 0 aliphatic rings. The van der Waals surface area contributed by atoms with E-state index < -0.39 is 0 Å². The first kappa shape index (κ1) is 13.3. The predicted octanol–water partition coefficient (Wildman–Crippen LogP) is 4.51. The van der Waals surface area contributed by atoms with Crippen LogP contribution in [0.4, 0.5) is 5.69 Å². The maximum atomic E-state index is 5.73. The van der Waals surface area contributed by atoms with Gasteiger partial charge in [-0.05, 0) is 25.5 Å². The first-order valence-electron chi connectivity index (χ1n) is 6.10. The van der Waals surface area contributed by atoms with Crippen molar-refractivity contribution < 1.29 is 0 Å². The molecule has 0 aliphatic carbocycles. The molecule has 1 rings (SSSR count). The summed E-state index contributed by atoms with van der Waals surface area (Å²) in [7, 11) is 0. The fourth-order valence-electron chi connectivity index (χ4n) is 1.70. The third kappa shape index (κ3) is 5.36. The topological polar surface area (TPSA) is 24.9 Å². The summed E-state index contributed by atoms with van der Waals surface area (Å²) in [5.41, 5.74) is 1.05. The minimum Gasteiger partial charge on any atom is -0.381 e. The number of rotatable bonds is 7. The zero-order valence-corrected chi connectivity index (χ0v) is 10.9. The van der Waals surface area contributed by atoms with E-state index in [0.29, 0.717) is 11.2 Å². The van der Waals surface area contributed by atoms with Crippen molar-refractivity contribution in [1.29, 1.82) is 0 Å². The zero-order valence-electron chi connectivity index (χ0n) is 10.2. The van der Waals surface area contributed by atoms with Crippen LogP contribution in [0, 0.1) is 0 Å². The Kier molecular flexibility index (Phi) is 6.24. The molecule has 0 saturated carbocycles. The average Bonchev–Trinajstić information content (AvgIpc) is 2.28. The van der Waals surface area contributed by atoms with Crippen molar-refractivity contribution >= 4 is 17.3 Å². The van der Waals surface area contributed by atoms with Crippen LogP contribution in [-0.4, -0.2) is 11.0 Å². The summed E-state index contributed by atoms with van der Waals surface area (Å²) in [5.74, 6) is 0. The summed E-state index contributed by atoms with van der Waals surface area (Å²) in [6, 6.07) is 4.28. The maximum absolute atomic E-state index is 5.73. The van der Waals surface area contributed by atoms with Gasteiger partial charge in [0.15, 0.2) is 0 Å². The van der Waals surface area contributed by atoms with Crippen molar-refractivity contribution in [3.05, 3.63) is 23.5 Å². The summed E-state index contributed by atoms with van der Waals surface area (Å²) >= 11 is 5.73. The number of anilines is 1. The number of pyridine rings is 1. The number of aromatic nitrogens is 1. The second-order valence-electron chi connectivity index (χ2n) is 4.26. The van der Waals surface area contributed by atoms with Crippen LogP contribution >= 0.6 is 11.6 Å². The van der Waals surface area contributed by atoms with Crippen molar-refractivity contribution in [2.45, 2.75) is 52.0 Å². The highest BCUT2D eigenvalue weighted by Crippen LogP contribution is 2.13. The van der Waals surface area contributed by atoms with Crippen molar-refractivity contribution in [3.63, 3.8) is 0 Å². The largest absolute Gasteiger partial charge is 0.381 e. The van der Waals surface area contributed by atoms with Crippen LogP contribution in [0.5, 0.6) is 0 Å². The van der Waals surface area contributed by atoms with Crippen LogP contribution < -0.4 is 5.32 Å². The Morgan fingerprint density at radius 2 is 2.12 bits per heavy atom. The summed E-state index contributed by atoms with van der Waals surface area (Å²) in [5, 5.41) is 3.97. The minimum atomic E-state index is 0.500. The van der Waals surface area contributed by atoms with E-state index in [0.717, 1.165) is 5.69 Å². The molecule has 1 aromatic rings. The molecule has 2 nitrogen and oxygen atoms in total. The first-order chi connectivity index (χ1) is 7.72. The molecule has 0 radical (unpaired) electrons. The Morgan fingerprint density at radius 1 is 1.31 bits per heavy atom. The molecular formula is C13H21ClN2. The number of unbranched alkanes of at least 4 members (excludes halogenated alkanes) is 3. The van der Waals surface area contributed by atoms with Crippen LogP contribution in [0.3, 0.4) is 0 Å². The number of nitrogens with zero attached hydrogens (tertiary/aromatic N) is 1. The van der Waals surface area contributed by atoms with Gasteiger partial charge in [-0.25, -0.2) is 4.98 Å². The third-order valence-corrected chi connectivity index (χ3v) is 2.85. The molecule has 1 atom stereocenters. The predicted molar refractivity (Wildman–Crippen MR) is 71.1 cm³/mol. The SMILES string of the molecule is CCCCCCC(C)Nc1ccc(Cl)nc1. The molecule has 1 aromatic heterocycles. The quantitative estimate of drug-likeness (QED) is 0.561. The molecule has 0 aliphatic heterocycles. The van der Waals surface area contributed by atoms with Gasteiger partial charge in [-0.1, -0.05) is 44.2 Å². The van der Waals surface area contributed by atoms with Crippen LogP contribution in [0.25, 0.3) is 0 Å². The summed E-state index contributed by atoms with van der Waals surface area (Å²) in [6.45, 7) is 4.45. The Bertz CT molecular complexity index is 284. The average molecular weight is 241 g/mol. The van der Waals surface area contributed by atoms with Crippen molar-refractivity contribution in [2.24, 2.45) is 0 Å². The summed E-state index contributed by atoms with van der Waals surface area (Å²) in [4.78, 5) is 4.04. The van der Waals surface area contributed by atoms with Crippen molar-refractivity contribution in [3.8, 4) is 0 Å². The normalized spacial score (nSPS) is 12.4. The highest BCUT2D eigenvalue weighted by atomic mass is 35.5. The van der Waals surface area contributed by atoms with E-state index in [1.165, 1.54) is 32.1 Å². The van der Waals surface area contributed by atoms with Gasteiger partial charge >= 0.3 is 0 Å². The molecule has 0 fully saturated rings. The fourth-order valence-corrected chi connectivity index (χ4v) is 1.81. The molecule has 1 N–H and O–H groups in total. The lowest BCUT2D eigenvalue weighted by molar-refractivity contribution is 0.594. The third-order valence-electron chi connectivity index (χ3n) is 2.63. The molecule has 0 aromatic carbocycles. The lowest BCUT2D eigenvalue weighted by atomic mass is 10.1. The highest BCUT2D eigenvalue weighted by Gasteiger charge is 2.01. The van der Waals surface area contributed by atoms with Crippen LogP contribution in [0.2, 0.25) is 5.15 Å². The zero-order chi connectivity index (χ0) is 11.8. The molecule has 1 unspecified atom stereocenters. The van der Waals surface area contributed by atoms with E-state index in [9.17, 15) is 0 Å². The van der Waals surface area contributed by atoms with E-state index in [1.54, 1.807) is 6.20 Å². The summed E-state index contributed by atoms with van der Waals surface area (Å²) < 4.78 is 0. The summed E-state index contributed by atoms with van der Waals surface area (Å²) in [6.07, 6.45) is 8.26. The van der Waals surface area contributed by atoms with E-state index in [4.69, 9.17) is 11.6 Å². The van der Waals surface area contributed by atoms with Gasteiger partial charge in [0.25, 0.3) is 0 Å². The Hall–Kier alpha value is -0.760. The smallest absolute Gasteiger partial charge is 0.129 e. The number of hydrogen-bond donors (Lipinski definition) is 1. The number of halogens is 1. The van der Waals surface area contributed by atoms with Crippen molar-refractivity contribution in [2.75, 3.05) is 5.32 Å². The van der Waals surface area contributed by atoms with Crippen LogP contribution in [-0.2, 0) is 0 Å². The van der Waals surface area contributed by atoms with E-state index >= 15 is 0 Å². The maximum Gasteiger partial charge on any atom is 0.129 e. The lowest BCUT2D eigenvalue weighted by Crippen LogP contribution is -2.14. The van der Waals surface area contributed by atoms with E-state index in [1.807, 2.05) is 12.1 Å². The van der Waals surface area contributed by atoms with Crippen LogP contribution in [0.1, 0.15) is 46.0 Å². The van der Waals surface area contributed by atoms with Gasteiger partial charge in [-0.15, -0.1) is 0 Å². The fraction of sp³-hybridized carbons (Fsp3) is 0.615. The molecule has 0 saturated heterocycles. The molecule has 16 heavy (non-hydrogen) atoms.